The number of aromatic hydroxyl groups is 1. The molecule has 1 amide bonds. The van der Waals surface area contributed by atoms with Gasteiger partial charge in [-0.2, -0.15) is 0 Å². The van der Waals surface area contributed by atoms with Crippen LogP contribution in [0.5, 0.6) is 11.5 Å². The smallest absolute Gasteiger partial charge is 0.335 e. The maximum Gasteiger partial charge on any atom is 0.335 e. The molecule has 16 nitrogen and oxygen atoms in total. The number of primary amides is 1. The van der Waals surface area contributed by atoms with Crippen molar-refractivity contribution in [3.05, 3.63) is 100 Å². The van der Waals surface area contributed by atoms with E-state index >= 15 is 0 Å². The quantitative estimate of drug-likeness (QED) is 0.0612. The predicted molar refractivity (Wildman–Crippen MR) is 203 cm³/mol. The Kier molecular flexibility index (Phi) is 12.9. The van der Waals surface area contributed by atoms with Gasteiger partial charge in [0.15, 0.2) is 17.7 Å². The molecule has 4 aromatic rings. The number of nitrogens with zero attached hydrogens (tertiary/aromatic N) is 1. The summed E-state index contributed by atoms with van der Waals surface area (Å²) in [6, 6.07) is 19.1. The summed E-state index contributed by atoms with van der Waals surface area (Å²) in [4.78, 5) is 42.0. The average Bonchev–Trinajstić information content (AvgIpc) is 3.16. The Hall–Kier alpha value is -5.78. The summed E-state index contributed by atoms with van der Waals surface area (Å²) in [7, 11) is 1.55. The largest absolute Gasteiger partial charge is 0.508 e. The topological polar surface area (TPSA) is 272 Å². The number of carbonyl (C=O) groups excluding carboxylic acids is 1. The fourth-order valence-electron chi connectivity index (χ4n) is 6.31. The number of hydrogen-bond acceptors (Lipinski definition) is 12. The van der Waals surface area contributed by atoms with Gasteiger partial charge in [0, 0.05) is 32.7 Å². The molecule has 0 bridgehead atoms. The van der Waals surface area contributed by atoms with Gasteiger partial charge in [-0.3, -0.25) is 14.6 Å². The number of ether oxygens (including phenoxy) is 2. The van der Waals surface area contributed by atoms with Crippen molar-refractivity contribution in [1.29, 1.82) is 0 Å². The second-order valence-corrected chi connectivity index (χ2v) is 13.4. The van der Waals surface area contributed by atoms with Crippen LogP contribution in [0.3, 0.4) is 0 Å². The third-order valence-corrected chi connectivity index (χ3v) is 9.58. The number of aliphatic hydroxyl groups is 3. The molecule has 0 aliphatic carbocycles. The standard InChI is InChI=1S/C39H45N5O11/c1-21(7-6-10-22-8-4-3-5-9-22)24(19-44-38(41)42-2)18-43-20-39(52)34(48)31(47)33(36(50)51)55-37(39)53-26-15-16-27-28(17-26)54-32(35(40)49)29(30(27)46)23-11-13-25(45)14-12-23/h3-6,8-17,21,24,31,33-34,37,43,45,47-48,52H,7,18-20H2,1-2H3,(H2,40,49)(H,50,51)(H3,41,42,44)/t21-,24+,31-,33+,34+,37-,39+/m1/s1. The maximum atomic E-state index is 13.6. The first-order chi connectivity index (χ1) is 26.2. The van der Waals surface area contributed by atoms with Crippen molar-refractivity contribution in [2.24, 2.45) is 28.3 Å². The third kappa shape index (κ3) is 9.30. The van der Waals surface area contributed by atoms with Crippen LogP contribution in [-0.4, -0.2) is 100 Å². The zero-order valence-corrected chi connectivity index (χ0v) is 30.2. The van der Waals surface area contributed by atoms with Gasteiger partial charge in [-0.25, -0.2) is 4.79 Å². The fraction of sp³-hybridized carbons (Fsp3) is 0.333. The fourth-order valence-corrected chi connectivity index (χ4v) is 6.31. The highest BCUT2D eigenvalue weighted by molar-refractivity contribution is 5.99. The van der Waals surface area contributed by atoms with Gasteiger partial charge < -0.3 is 61.5 Å². The number of aliphatic hydroxyl groups excluding tert-OH is 2. The van der Waals surface area contributed by atoms with E-state index in [1.807, 2.05) is 43.3 Å². The summed E-state index contributed by atoms with van der Waals surface area (Å²) in [5.41, 5.74) is 9.45. The first-order valence-electron chi connectivity index (χ1n) is 17.4. The van der Waals surface area contributed by atoms with E-state index in [0.717, 1.165) is 5.56 Å². The Morgan fingerprint density at radius 1 is 1.05 bits per heavy atom. The molecule has 292 valence electrons. The summed E-state index contributed by atoms with van der Waals surface area (Å²) in [5, 5.41) is 59.5. The average molecular weight is 760 g/mol. The lowest BCUT2D eigenvalue weighted by molar-refractivity contribution is -0.311. The molecule has 3 aromatic carbocycles. The molecule has 0 spiro atoms. The van der Waals surface area contributed by atoms with Gasteiger partial charge in [0.2, 0.25) is 17.5 Å². The minimum atomic E-state index is -2.43. The first kappa shape index (κ1) is 40.4. The molecule has 11 N–H and O–H groups in total. The number of benzene rings is 3. The van der Waals surface area contributed by atoms with Crippen LogP contribution in [0.2, 0.25) is 0 Å². The number of allylic oxidation sites excluding steroid dienone is 1. The summed E-state index contributed by atoms with van der Waals surface area (Å²) in [5.74, 6) is -3.14. The molecule has 55 heavy (non-hydrogen) atoms. The number of fused-ring (bicyclic) bond motifs is 1. The number of phenols is 1. The number of rotatable bonds is 15. The van der Waals surface area contributed by atoms with Crippen LogP contribution in [0.25, 0.3) is 28.2 Å². The normalized spacial score (nSPS) is 22.7. The monoisotopic (exact) mass is 759 g/mol. The van der Waals surface area contributed by atoms with Crippen LogP contribution in [0.1, 0.15) is 29.5 Å². The molecule has 0 radical (unpaired) electrons. The predicted octanol–water partition coefficient (Wildman–Crippen LogP) is 1.39. The molecule has 1 aromatic heterocycles. The van der Waals surface area contributed by atoms with Gasteiger partial charge >= 0.3 is 5.97 Å². The van der Waals surface area contributed by atoms with E-state index in [0.29, 0.717) is 13.0 Å². The van der Waals surface area contributed by atoms with Crippen LogP contribution in [0.4, 0.5) is 0 Å². The Morgan fingerprint density at radius 3 is 2.42 bits per heavy atom. The van der Waals surface area contributed by atoms with E-state index in [1.165, 1.54) is 42.5 Å². The third-order valence-electron chi connectivity index (χ3n) is 9.58. The minimum absolute atomic E-state index is 0.0157. The maximum absolute atomic E-state index is 13.6. The van der Waals surface area contributed by atoms with Gasteiger partial charge in [0.25, 0.3) is 5.91 Å². The second kappa shape index (κ2) is 17.6. The number of amides is 1. The van der Waals surface area contributed by atoms with Crippen molar-refractivity contribution < 1.29 is 49.0 Å². The Bertz CT molecular complexity index is 2090. The van der Waals surface area contributed by atoms with E-state index in [-0.39, 0.29) is 57.9 Å². The SMILES string of the molecule is CN=C(N)NC[C@H](CNC[C@@]1(O)[C@H](Oc2ccc3c(=O)c(-c4ccc(O)cc4)c(C(N)=O)oc3c2)O[C@H](C(=O)O)[C@@H](O)[C@@H]1O)[C@H](C)CC=Cc1ccccc1. The van der Waals surface area contributed by atoms with Crippen molar-refractivity contribution in [2.45, 2.75) is 43.5 Å². The minimum Gasteiger partial charge on any atom is -0.508 e. The number of carbonyl (C=O) groups is 2. The van der Waals surface area contributed by atoms with Gasteiger partial charge in [-0.15, -0.1) is 0 Å². The second-order valence-electron chi connectivity index (χ2n) is 13.4. The lowest BCUT2D eigenvalue weighted by atomic mass is 9.85. The summed E-state index contributed by atoms with van der Waals surface area (Å²) < 4.78 is 17.3. The zero-order valence-electron chi connectivity index (χ0n) is 30.2. The van der Waals surface area contributed by atoms with E-state index < -0.39 is 59.8 Å². The van der Waals surface area contributed by atoms with Crippen LogP contribution < -0.4 is 32.3 Å². The molecule has 2 heterocycles. The summed E-state index contributed by atoms with van der Waals surface area (Å²) in [6.45, 7) is 2.25. The summed E-state index contributed by atoms with van der Waals surface area (Å²) in [6.07, 6.45) is -3.25. The molecule has 7 atom stereocenters. The van der Waals surface area contributed by atoms with E-state index in [4.69, 9.17) is 25.4 Å². The van der Waals surface area contributed by atoms with Crippen molar-refractivity contribution in [3.63, 3.8) is 0 Å². The molecule has 0 saturated carbocycles. The van der Waals surface area contributed by atoms with Gasteiger partial charge in [-0.1, -0.05) is 61.5 Å². The van der Waals surface area contributed by atoms with Crippen molar-refractivity contribution in [3.8, 4) is 22.6 Å². The molecule has 0 unspecified atom stereocenters. The van der Waals surface area contributed by atoms with Crippen molar-refractivity contribution >= 4 is 34.9 Å². The highest BCUT2D eigenvalue weighted by atomic mass is 16.7. The number of phenolic OH excluding ortho intramolecular Hbond substituents is 1. The Morgan fingerprint density at radius 2 is 1.76 bits per heavy atom. The van der Waals surface area contributed by atoms with Gasteiger partial charge in [0.1, 0.15) is 29.3 Å². The molecule has 5 rings (SSSR count). The number of guanidine groups is 1. The number of aliphatic imine (C=N–C) groups is 1. The van der Waals surface area contributed by atoms with Gasteiger partial charge in [0.05, 0.1) is 10.9 Å². The van der Waals surface area contributed by atoms with E-state index in [9.17, 15) is 39.9 Å². The molecular weight excluding hydrogens is 714 g/mol. The van der Waals surface area contributed by atoms with Crippen molar-refractivity contribution in [2.75, 3.05) is 26.7 Å². The number of nitrogens with one attached hydrogen (secondary N) is 2. The first-order valence-corrected chi connectivity index (χ1v) is 17.4. The Labute approximate surface area is 315 Å². The molecule has 1 aliphatic heterocycles. The number of nitrogens with two attached hydrogens (primary N) is 2. The molecule has 1 aliphatic rings. The number of aliphatic carboxylic acids is 1. The molecule has 1 fully saturated rings. The number of carboxylic acid groups (broad SMARTS) is 1. The van der Waals surface area contributed by atoms with Crippen LogP contribution >= 0.6 is 0 Å². The lowest BCUT2D eigenvalue weighted by Crippen LogP contribution is -2.71. The zero-order chi connectivity index (χ0) is 39.9. The number of hydrogen-bond donors (Lipinski definition) is 9. The van der Waals surface area contributed by atoms with E-state index in [2.05, 4.69) is 21.7 Å². The molecule has 16 heteroatoms. The van der Waals surface area contributed by atoms with Crippen molar-refractivity contribution in [1.82, 2.24) is 10.6 Å². The highest BCUT2D eigenvalue weighted by Gasteiger charge is 2.58. The van der Waals surface area contributed by atoms with Crippen LogP contribution in [-0.2, 0) is 9.53 Å². The van der Waals surface area contributed by atoms with Crippen LogP contribution in [0, 0.1) is 11.8 Å². The highest BCUT2D eigenvalue weighted by Crippen LogP contribution is 2.34. The van der Waals surface area contributed by atoms with E-state index in [1.54, 1.807) is 7.05 Å². The van der Waals surface area contributed by atoms with Gasteiger partial charge in [-0.05, 0) is 53.6 Å². The van der Waals surface area contributed by atoms with Crippen LogP contribution in [0.15, 0.2) is 93.1 Å². The lowest BCUT2D eigenvalue weighted by Gasteiger charge is -2.47. The summed E-state index contributed by atoms with van der Waals surface area (Å²) >= 11 is 0. The molecule has 1 saturated heterocycles. The number of carboxylic acids is 1. The Balaban J connectivity index is 1.40. The molecular formula is C39H45N5O11.